The summed E-state index contributed by atoms with van der Waals surface area (Å²) in [6, 6.07) is 8.51. The zero-order chi connectivity index (χ0) is 5.98. The van der Waals surface area contributed by atoms with Crippen LogP contribution in [0.2, 0.25) is 0 Å². The van der Waals surface area contributed by atoms with E-state index in [0.717, 1.165) is 0 Å². The van der Waals surface area contributed by atoms with Crippen LogP contribution >= 0.6 is 0 Å². The predicted octanol–water partition coefficient (Wildman–Crippen LogP) is 0.789. The molecule has 0 aliphatic heterocycles. The van der Waals surface area contributed by atoms with Crippen molar-refractivity contribution in [3.8, 4) is 0 Å². The van der Waals surface area contributed by atoms with Crippen molar-refractivity contribution in [1.82, 2.24) is 0 Å². The predicted molar refractivity (Wildman–Crippen MR) is 36.6 cm³/mol. The summed E-state index contributed by atoms with van der Waals surface area (Å²) in [6.45, 7) is 2.16. The fourth-order valence-electron chi connectivity index (χ4n) is 0.663. The van der Waals surface area contributed by atoms with E-state index in [0.29, 0.717) is 0 Å². The van der Waals surface area contributed by atoms with E-state index in [2.05, 4.69) is 31.2 Å². The van der Waals surface area contributed by atoms with Gasteiger partial charge in [0.25, 0.3) is 0 Å². The minimum atomic E-state index is 1.18. The van der Waals surface area contributed by atoms with Crippen molar-refractivity contribution in [3.63, 3.8) is 0 Å². The molecule has 0 radical (unpaired) electrons. The molecule has 1 rings (SSSR count). The number of aryl methyl sites for hydroxylation is 1. The van der Waals surface area contributed by atoms with Gasteiger partial charge in [-0.25, -0.2) is 0 Å². The van der Waals surface area contributed by atoms with Gasteiger partial charge in [0.1, 0.15) is 0 Å². The van der Waals surface area contributed by atoms with E-state index in [9.17, 15) is 0 Å². The van der Waals surface area contributed by atoms with Gasteiger partial charge in [0, 0.05) is 0 Å². The number of hydrogen-bond acceptors (Lipinski definition) is 0. The van der Waals surface area contributed by atoms with E-state index in [1.54, 1.807) is 0 Å². The summed E-state index contributed by atoms with van der Waals surface area (Å²) < 4.78 is 1.51. The molecule has 0 bridgehead atoms. The average Bonchev–Trinajstić information content (AvgIpc) is 1.77. The molecule has 0 heterocycles. The SMILES string of the molecule is Cc1cccc[c]1[Na]. The van der Waals surface area contributed by atoms with Crippen molar-refractivity contribution >= 4 is 30.7 Å². The Balaban J connectivity index is 3.13. The summed E-state index contributed by atoms with van der Waals surface area (Å²) in [5.41, 5.74) is 1.43. The average molecular weight is 114 g/mol. The van der Waals surface area contributed by atoms with Crippen molar-refractivity contribution in [3.05, 3.63) is 29.8 Å². The normalized spacial score (nSPS) is 9.38. The first-order valence-electron chi connectivity index (χ1n) is 2.83. The maximum absolute atomic E-state index is 2.18. The van der Waals surface area contributed by atoms with Crippen LogP contribution in [0.25, 0.3) is 0 Å². The first kappa shape index (κ1) is 6.34. The molecule has 0 nitrogen and oxygen atoms in total. The van der Waals surface area contributed by atoms with Gasteiger partial charge in [-0.3, -0.25) is 0 Å². The van der Waals surface area contributed by atoms with Gasteiger partial charge in [0.15, 0.2) is 0 Å². The van der Waals surface area contributed by atoms with Gasteiger partial charge in [0.05, 0.1) is 0 Å². The molecule has 1 aromatic rings. The minimum absolute atomic E-state index is 1.18. The van der Waals surface area contributed by atoms with Gasteiger partial charge in [-0.15, -0.1) is 0 Å². The number of hydrogen-bond donors (Lipinski definition) is 0. The third kappa shape index (κ3) is 1.35. The van der Waals surface area contributed by atoms with Crippen LogP contribution in [0.5, 0.6) is 0 Å². The van der Waals surface area contributed by atoms with E-state index < -0.39 is 0 Å². The van der Waals surface area contributed by atoms with Crippen molar-refractivity contribution in [1.29, 1.82) is 0 Å². The maximum atomic E-state index is 2.18. The standard InChI is InChI=1S/C7H7.Na/c1-7-5-3-2-4-6-7;/h2-5H,1H3;. The summed E-state index contributed by atoms with van der Waals surface area (Å²) in [7, 11) is 0. The molecule has 0 fully saturated rings. The Morgan fingerprint density at radius 2 is 1.88 bits per heavy atom. The summed E-state index contributed by atoms with van der Waals surface area (Å²) in [5.74, 6) is 0. The van der Waals surface area contributed by atoms with E-state index in [1.165, 1.54) is 36.3 Å². The molecule has 0 saturated heterocycles. The second-order valence-electron chi connectivity index (χ2n) is 2.08. The molecule has 0 amide bonds. The van der Waals surface area contributed by atoms with Crippen LogP contribution in [0, 0.1) is 6.92 Å². The van der Waals surface area contributed by atoms with E-state index in [-0.39, 0.29) is 0 Å². The van der Waals surface area contributed by atoms with Gasteiger partial charge in [-0.1, -0.05) is 0 Å². The van der Waals surface area contributed by atoms with Gasteiger partial charge < -0.3 is 0 Å². The third-order valence-electron chi connectivity index (χ3n) is 1.43. The monoisotopic (exact) mass is 114 g/mol. The fourth-order valence-corrected chi connectivity index (χ4v) is 1.02. The zero-order valence-corrected chi connectivity index (χ0v) is 7.31. The molecule has 8 heavy (non-hydrogen) atoms. The second kappa shape index (κ2) is 2.67. The van der Waals surface area contributed by atoms with Crippen LogP contribution in [0.3, 0.4) is 0 Å². The molecule has 0 saturated carbocycles. The Hall–Kier alpha value is 0.220. The molecule has 0 unspecified atom stereocenters. The third-order valence-corrected chi connectivity index (χ3v) is 2.55. The Morgan fingerprint density at radius 3 is 2.25 bits per heavy atom. The van der Waals surface area contributed by atoms with Crippen LogP contribution in [0.1, 0.15) is 5.56 Å². The molecular formula is C7H7Na. The molecule has 0 aliphatic rings. The summed E-state index contributed by atoms with van der Waals surface area (Å²) in [5, 5.41) is 0. The van der Waals surface area contributed by atoms with E-state index in [1.807, 2.05) is 0 Å². The number of rotatable bonds is 0. The molecule has 0 spiro atoms. The molecule has 0 N–H and O–H groups in total. The summed E-state index contributed by atoms with van der Waals surface area (Å²) in [4.78, 5) is 0. The Kier molecular flexibility index (Phi) is 2.12. The zero-order valence-electron chi connectivity index (χ0n) is 5.31. The molecule has 0 aliphatic carbocycles. The van der Waals surface area contributed by atoms with Gasteiger partial charge in [0.2, 0.25) is 0 Å². The summed E-state index contributed by atoms with van der Waals surface area (Å²) >= 11 is 1.18. The van der Waals surface area contributed by atoms with Crippen LogP contribution in [0.15, 0.2) is 24.3 Å². The molecule has 36 valence electrons. The summed E-state index contributed by atoms with van der Waals surface area (Å²) in [6.07, 6.45) is 0. The molecular weight excluding hydrogens is 107 g/mol. The van der Waals surface area contributed by atoms with Gasteiger partial charge in [-0.2, -0.15) is 0 Å². The van der Waals surface area contributed by atoms with Gasteiger partial charge in [-0.05, 0) is 0 Å². The molecule has 1 aromatic carbocycles. The first-order chi connectivity index (χ1) is 3.80. The van der Waals surface area contributed by atoms with Crippen LogP contribution in [0.4, 0.5) is 0 Å². The Morgan fingerprint density at radius 1 is 1.25 bits per heavy atom. The van der Waals surface area contributed by atoms with Crippen LogP contribution in [-0.2, 0) is 0 Å². The topological polar surface area (TPSA) is 0 Å². The van der Waals surface area contributed by atoms with Crippen molar-refractivity contribution in [2.45, 2.75) is 6.92 Å². The van der Waals surface area contributed by atoms with Crippen LogP contribution in [-0.4, -0.2) is 27.9 Å². The van der Waals surface area contributed by atoms with Crippen molar-refractivity contribution in [2.75, 3.05) is 0 Å². The van der Waals surface area contributed by atoms with Crippen LogP contribution < -0.4 is 2.81 Å². The Labute approximate surface area is 67.3 Å². The quantitative estimate of drug-likeness (QED) is 0.437. The molecule has 0 atom stereocenters. The fraction of sp³-hybridized carbons (Fsp3) is 0.143. The Bertz CT molecular complexity index is 160. The van der Waals surface area contributed by atoms with Crippen molar-refractivity contribution in [2.24, 2.45) is 0 Å². The molecule has 0 aromatic heterocycles. The van der Waals surface area contributed by atoms with Crippen molar-refractivity contribution < 1.29 is 0 Å². The number of benzene rings is 1. The molecule has 1 heteroatoms. The second-order valence-corrected chi connectivity index (χ2v) is 3.16. The van der Waals surface area contributed by atoms with E-state index >= 15 is 0 Å². The van der Waals surface area contributed by atoms with Gasteiger partial charge >= 0.3 is 67.5 Å². The first-order valence-corrected chi connectivity index (χ1v) is 3.83. The van der Waals surface area contributed by atoms with E-state index in [4.69, 9.17) is 0 Å².